The van der Waals surface area contributed by atoms with Crippen molar-refractivity contribution in [1.29, 1.82) is 31.6 Å². The van der Waals surface area contributed by atoms with Crippen molar-refractivity contribution >= 4 is 22.8 Å². The van der Waals surface area contributed by atoms with Crippen LogP contribution in [0.5, 0.6) is 0 Å². The van der Waals surface area contributed by atoms with E-state index >= 15 is 0 Å². The van der Waals surface area contributed by atoms with Crippen LogP contribution in [-0.2, 0) is 0 Å². The molecule has 0 bridgehead atoms. The van der Waals surface area contributed by atoms with Gasteiger partial charge in [-0.2, -0.15) is 31.6 Å². The number of nitriles is 6. The molecule has 0 saturated heterocycles. The number of hydrogen-bond donors (Lipinski definition) is 1. The minimum Gasteiger partial charge on any atom is -0.364 e. The lowest BCUT2D eigenvalue weighted by Gasteiger charge is -2.42. The first-order valence-corrected chi connectivity index (χ1v) is 8.56. The molecule has 12 heteroatoms. The second-order valence-electron chi connectivity index (χ2n) is 6.63. The molecule has 0 saturated carbocycles. The highest BCUT2D eigenvalue weighted by atomic mass is 15.2. The molecule has 1 aromatic heterocycles. The second-order valence-corrected chi connectivity index (χ2v) is 6.63. The molecule has 1 N–H and O–H groups in total. The van der Waals surface area contributed by atoms with E-state index in [1.807, 2.05) is 24.3 Å². The summed E-state index contributed by atoms with van der Waals surface area (Å²) < 4.78 is 0. The molecule has 3 heterocycles. The van der Waals surface area contributed by atoms with Crippen molar-refractivity contribution in [2.24, 2.45) is 15.0 Å². The number of fused-ring (bicyclic) bond motifs is 5. The highest BCUT2D eigenvalue weighted by molar-refractivity contribution is 6.53. The molecule has 1 aliphatic carbocycles. The largest absolute Gasteiger partial charge is 0.364 e. The van der Waals surface area contributed by atoms with Crippen molar-refractivity contribution in [3.05, 3.63) is 28.5 Å². The summed E-state index contributed by atoms with van der Waals surface area (Å²) in [6, 6.07) is 8.93. The highest BCUT2D eigenvalue weighted by Crippen LogP contribution is 2.49. The standard InChI is InChI=1S/C19H6N12/c1-19-17-15(28-10(4-22)11(5-23)29-17)14-16(27-9(3-21)8(2-20)26-14)18(19)30-12(6-24)13(7-25)31-19/h11,18,29H,1H3. The molecule has 0 radical (unpaired) electrons. The fraction of sp³-hybridized carbons (Fsp3) is 0.211. The molecule has 0 fully saturated rings. The lowest BCUT2D eigenvalue weighted by molar-refractivity contribution is 0.403. The van der Waals surface area contributed by atoms with E-state index in [0.717, 1.165) is 0 Å². The minimum absolute atomic E-state index is 0.0707. The fourth-order valence-corrected chi connectivity index (χ4v) is 3.57. The normalized spacial score (nSPS) is 24.9. The van der Waals surface area contributed by atoms with Gasteiger partial charge >= 0.3 is 0 Å². The van der Waals surface area contributed by atoms with Crippen LogP contribution in [0.25, 0.3) is 5.70 Å². The van der Waals surface area contributed by atoms with Gasteiger partial charge in [0.25, 0.3) is 0 Å². The van der Waals surface area contributed by atoms with E-state index in [1.54, 1.807) is 19.1 Å². The van der Waals surface area contributed by atoms with Gasteiger partial charge in [0.1, 0.15) is 53.3 Å². The molecule has 0 amide bonds. The number of aromatic nitrogens is 2. The molecule has 3 atom stereocenters. The molecule has 0 spiro atoms. The van der Waals surface area contributed by atoms with Crippen LogP contribution in [0.15, 0.2) is 20.7 Å². The van der Waals surface area contributed by atoms with E-state index in [1.165, 1.54) is 0 Å². The second kappa shape index (κ2) is 6.57. The maximum absolute atomic E-state index is 9.45. The Labute approximate surface area is 174 Å². The number of aliphatic imine (C=N–C) groups is 3. The molecule has 4 rings (SSSR count). The zero-order chi connectivity index (χ0) is 22.3. The van der Waals surface area contributed by atoms with Crippen molar-refractivity contribution in [2.75, 3.05) is 0 Å². The summed E-state index contributed by atoms with van der Waals surface area (Å²) >= 11 is 0. The van der Waals surface area contributed by atoms with Gasteiger partial charge in [-0.1, -0.05) is 0 Å². The predicted octanol–water partition coefficient (Wildman–Crippen LogP) is 0.105. The quantitative estimate of drug-likeness (QED) is 0.621. The zero-order valence-electron chi connectivity index (χ0n) is 15.6. The van der Waals surface area contributed by atoms with Gasteiger partial charge in [0.15, 0.2) is 34.6 Å². The van der Waals surface area contributed by atoms with Crippen LogP contribution in [0.4, 0.5) is 0 Å². The Balaban J connectivity index is 2.14. The van der Waals surface area contributed by atoms with Crippen molar-refractivity contribution in [3.8, 4) is 36.4 Å². The third-order valence-corrected chi connectivity index (χ3v) is 4.97. The van der Waals surface area contributed by atoms with Crippen LogP contribution >= 0.6 is 0 Å². The highest BCUT2D eigenvalue weighted by Gasteiger charge is 2.52. The zero-order valence-corrected chi connectivity index (χ0v) is 15.6. The van der Waals surface area contributed by atoms with Gasteiger partial charge in [0.05, 0.1) is 17.5 Å². The Hall–Kier alpha value is -5.43. The van der Waals surface area contributed by atoms with Gasteiger partial charge in [-0.3, -0.25) is 9.98 Å². The maximum atomic E-state index is 9.45. The van der Waals surface area contributed by atoms with Gasteiger partial charge in [-0.05, 0) is 6.92 Å². The third-order valence-electron chi connectivity index (χ3n) is 4.97. The van der Waals surface area contributed by atoms with Gasteiger partial charge in [0, 0.05) is 0 Å². The summed E-state index contributed by atoms with van der Waals surface area (Å²) in [5.41, 5.74) is -1.92. The monoisotopic (exact) mass is 402 g/mol. The van der Waals surface area contributed by atoms with Gasteiger partial charge in [0.2, 0.25) is 0 Å². The molecule has 31 heavy (non-hydrogen) atoms. The Morgan fingerprint density at radius 3 is 2.13 bits per heavy atom. The summed E-state index contributed by atoms with van der Waals surface area (Å²) in [7, 11) is 0. The smallest absolute Gasteiger partial charge is 0.177 e. The number of nitrogens with one attached hydrogen (secondary N) is 1. The Morgan fingerprint density at radius 2 is 1.55 bits per heavy atom. The van der Waals surface area contributed by atoms with Gasteiger partial charge in [-0.15, -0.1) is 0 Å². The SMILES string of the molecule is CC12N=C(C#N)C(C#N)=NC1c1nc(C#N)c(C#N)nc1C1=C2NC(C#N)C(C#N)=N1. The van der Waals surface area contributed by atoms with Crippen molar-refractivity contribution in [1.82, 2.24) is 15.3 Å². The first-order valence-electron chi connectivity index (χ1n) is 8.56. The van der Waals surface area contributed by atoms with Crippen LogP contribution in [-0.4, -0.2) is 38.7 Å². The Kier molecular flexibility index (Phi) is 4.01. The van der Waals surface area contributed by atoms with Crippen LogP contribution < -0.4 is 5.32 Å². The minimum atomic E-state index is -1.36. The summed E-state index contributed by atoms with van der Waals surface area (Å²) in [4.78, 5) is 21.5. The molecular formula is C19H6N12. The maximum Gasteiger partial charge on any atom is 0.177 e. The molecule has 142 valence electrons. The molecule has 12 nitrogen and oxygen atoms in total. The molecule has 3 unspecified atom stereocenters. The summed E-state index contributed by atoms with van der Waals surface area (Å²) in [6.45, 7) is 1.60. The first kappa shape index (κ1) is 18.9. The van der Waals surface area contributed by atoms with E-state index < -0.39 is 17.6 Å². The lowest BCUT2D eigenvalue weighted by atomic mass is 9.77. The van der Waals surface area contributed by atoms with Crippen molar-refractivity contribution < 1.29 is 0 Å². The Morgan fingerprint density at radius 1 is 0.871 bits per heavy atom. The summed E-state index contributed by atoms with van der Waals surface area (Å²) in [5, 5.41) is 59.3. The van der Waals surface area contributed by atoms with E-state index in [9.17, 15) is 31.6 Å². The van der Waals surface area contributed by atoms with E-state index in [-0.39, 0.29) is 51.3 Å². The van der Waals surface area contributed by atoms with Crippen molar-refractivity contribution in [3.63, 3.8) is 0 Å². The van der Waals surface area contributed by atoms with Crippen LogP contribution in [0.2, 0.25) is 0 Å². The third kappa shape index (κ3) is 2.44. The van der Waals surface area contributed by atoms with E-state index in [0.29, 0.717) is 0 Å². The molecule has 0 aromatic carbocycles. The molecule has 2 aliphatic heterocycles. The summed E-state index contributed by atoms with van der Waals surface area (Å²) in [6.07, 6.45) is 0. The van der Waals surface area contributed by atoms with Crippen LogP contribution in [0, 0.1) is 68.0 Å². The average Bonchev–Trinajstić information content (AvgIpc) is 2.81. The van der Waals surface area contributed by atoms with Crippen LogP contribution in [0.3, 0.4) is 0 Å². The Bertz CT molecular complexity index is 1450. The van der Waals surface area contributed by atoms with Crippen molar-refractivity contribution in [2.45, 2.75) is 24.5 Å². The molecular weight excluding hydrogens is 396 g/mol. The van der Waals surface area contributed by atoms with Gasteiger partial charge < -0.3 is 5.32 Å². The van der Waals surface area contributed by atoms with Gasteiger partial charge in [-0.25, -0.2) is 15.0 Å². The van der Waals surface area contributed by atoms with E-state index in [2.05, 4.69) is 30.3 Å². The van der Waals surface area contributed by atoms with Crippen LogP contribution in [0.1, 0.15) is 35.7 Å². The topological polar surface area (TPSA) is 218 Å². The number of hydrogen-bond acceptors (Lipinski definition) is 12. The first-order chi connectivity index (χ1) is 14.9. The number of rotatable bonds is 0. The number of nitrogens with zero attached hydrogens (tertiary/aromatic N) is 11. The summed E-state index contributed by atoms with van der Waals surface area (Å²) in [5.74, 6) is 0. The predicted molar refractivity (Wildman–Crippen MR) is 101 cm³/mol. The molecule has 3 aliphatic rings. The van der Waals surface area contributed by atoms with E-state index in [4.69, 9.17) is 0 Å². The fourth-order valence-electron chi connectivity index (χ4n) is 3.57. The molecule has 1 aromatic rings. The lowest BCUT2D eigenvalue weighted by Crippen LogP contribution is -2.51. The average molecular weight is 402 g/mol.